The van der Waals surface area contributed by atoms with Crippen LogP contribution < -0.4 is 11.1 Å². The molecule has 5 nitrogen and oxygen atoms in total. The van der Waals surface area contributed by atoms with Gasteiger partial charge < -0.3 is 15.8 Å². The summed E-state index contributed by atoms with van der Waals surface area (Å²) in [6.45, 7) is 2.60. The summed E-state index contributed by atoms with van der Waals surface area (Å²) in [5, 5.41) is 2.92. The van der Waals surface area contributed by atoms with Crippen LogP contribution in [0.2, 0.25) is 0 Å². The lowest BCUT2D eigenvalue weighted by Gasteiger charge is -2.11. The van der Waals surface area contributed by atoms with Crippen molar-refractivity contribution in [3.8, 4) is 0 Å². The van der Waals surface area contributed by atoms with Crippen molar-refractivity contribution in [2.75, 3.05) is 6.61 Å². The number of hydrogen-bond acceptors (Lipinski definition) is 4. The quantitative estimate of drug-likeness (QED) is 0.811. The zero-order valence-corrected chi connectivity index (χ0v) is 13.5. The molecule has 0 aromatic heterocycles. The van der Waals surface area contributed by atoms with Gasteiger partial charge >= 0.3 is 5.97 Å². The fraction of sp³-hybridized carbons (Fsp3) is 0.500. The number of carbonyl (C=O) groups excluding carboxylic acids is 2. The van der Waals surface area contributed by atoms with Crippen LogP contribution in [0.3, 0.4) is 0 Å². The van der Waals surface area contributed by atoms with Crippen molar-refractivity contribution in [3.63, 3.8) is 0 Å². The third-order valence-corrected chi connectivity index (χ3v) is 3.78. The van der Waals surface area contributed by atoms with E-state index in [0.717, 1.165) is 24.8 Å². The lowest BCUT2D eigenvalue weighted by molar-refractivity contribution is -0.125. The molecule has 3 N–H and O–H groups in total. The number of nitrogens with two attached hydrogens (primary N) is 1. The zero-order valence-electron chi connectivity index (χ0n) is 12.7. The standard InChI is InChI=1S/C16H22N2O3.ClH/c1-2-21-16(20)12-5-3-11(4-6-12)10-18-15(19)13-7-8-14(17)9-13;/h3-6,13-14H,2,7-10,17H2,1H3,(H,18,19);1H. The van der Waals surface area contributed by atoms with Gasteiger partial charge in [0.2, 0.25) is 5.91 Å². The second-order valence-electron chi connectivity index (χ2n) is 5.41. The molecule has 122 valence electrons. The van der Waals surface area contributed by atoms with Gasteiger partial charge in [-0.1, -0.05) is 12.1 Å². The average Bonchev–Trinajstić information content (AvgIpc) is 2.92. The third kappa shape index (κ3) is 5.00. The van der Waals surface area contributed by atoms with E-state index in [-0.39, 0.29) is 36.2 Å². The van der Waals surface area contributed by atoms with Gasteiger partial charge in [-0.2, -0.15) is 0 Å². The van der Waals surface area contributed by atoms with Crippen LogP contribution in [0.15, 0.2) is 24.3 Å². The molecule has 1 aromatic rings. The van der Waals surface area contributed by atoms with Gasteiger partial charge in [0, 0.05) is 18.5 Å². The monoisotopic (exact) mass is 326 g/mol. The van der Waals surface area contributed by atoms with E-state index in [4.69, 9.17) is 10.5 Å². The van der Waals surface area contributed by atoms with Crippen molar-refractivity contribution in [3.05, 3.63) is 35.4 Å². The van der Waals surface area contributed by atoms with Crippen molar-refractivity contribution in [1.29, 1.82) is 0 Å². The van der Waals surface area contributed by atoms with Gasteiger partial charge in [-0.25, -0.2) is 4.79 Å². The van der Waals surface area contributed by atoms with Gasteiger partial charge in [-0.3, -0.25) is 4.79 Å². The molecule has 0 saturated heterocycles. The van der Waals surface area contributed by atoms with Crippen molar-refractivity contribution in [2.24, 2.45) is 11.7 Å². The molecule has 0 spiro atoms. The minimum absolute atomic E-state index is 0. The summed E-state index contributed by atoms with van der Waals surface area (Å²) in [5.41, 5.74) is 7.30. The normalized spacial score (nSPS) is 20.1. The molecule has 0 heterocycles. The van der Waals surface area contributed by atoms with Crippen LogP contribution in [-0.4, -0.2) is 24.5 Å². The Morgan fingerprint density at radius 3 is 2.50 bits per heavy atom. The molecule has 2 rings (SSSR count). The van der Waals surface area contributed by atoms with E-state index in [0.29, 0.717) is 18.7 Å². The highest BCUT2D eigenvalue weighted by Crippen LogP contribution is 2.24. The number of amides is 1. The Morgan fingerprint density at radius 1 is 1.27 bits per heavy atom. The Morgan fingerprint density at radius 2 is 1.95 bits per heavy atom. The van der Waals surface area contributed by atoms with Gasteiger partial charge in [-0.15, -0.1) is 12.4 Å². The number of benzene rings is 1. The molecular weight excluding hydrogens is 304 g/mol. The highest BCUT2D eigenvalue weighted by molar-refractivity contribution is 5.89. The first-order valence-corrected chi connectivity index (χ1v) is 7.39. The smallest absolute Gasteiger partial charge is 0.338 e. The van der Waals surface area contributed by atoms with E-state index in [2.05, 4.69) is 5.32 Å². The molecule has 2 unspecified atom stereocenters. The highest BCUT2D eigenvalue weighted by atomic mass is 35.5. The molecule has 1 aromatic carbocycles. The van der Waals surface area contributed by atoms with E-state index >= 15 is 0 Å². The Hall–Kier alpha value is -1.59. The molecular formula is C16H23ClN2O3. The fourth-order valence-corrected chi connectivity index (χ4v) is 2.56. The second-order valence-corrected chi connectivity index (χ2v) is 5.41. The number of esters is 1. The Bertz CT molecular complexity index is 505. The van der Waals surface area contributed by atoms with Gasteiger partial charge in [0.15, 0.2) is 0 Å². The van der Waals surface area contributed by atoms with Crippen molar-refractivity contribution >= 4 is 24.3 Å². The van der Waals surface area contributed by atoms with Gasteiger partial charge in [0.05, 0.1) is 12.2 Å². The van der Waals surface area contributed by atoms with Gasteiger partial charge in [0.25, 0.3) is 0 Å². The van der Waals surface area contributed by atoms with Gasteiger partial charge in [-0.05, 0) is 43.9 Å². The largest absolute Gasteiger partial charge is 0.462 e. The van der Waals surface area contributed by atoms with Crippen LogP contribution in [0.1, 0.15) is 42.1 Å². The lowest BCUT2D eigenvalue weighted by Crippen LogP contribution is -2.30. The Labute approximate surface area is 137 Å². The second kappa shape index (κ2) is 8.76. The van der Waals surface area contributed by atoms with E-state index in [1.807, 2.05) is 12.1 Å². The molecule has 1 fully saturated rings. The molecule has 1 aliphatic carbocycles. The van der Waals surface area contributed by atoms with Crippen LogP contribution in [0.5, 0.6) is 0 Å². The van der Waals surface area contributed by atoms with E-state index in [9.17, 15) is 9.59 Å². The molecule has 2 atom stereocenters. The summed E-state index contributed by atoms with van der Waals surface area (Å²) in [7, 11) is 0. The Kier molecular flexibility index (Phi) is 7.35. The Balaban J connectivity index is 0.00000242. The van der Waals surface area contributed by atoms with Crippen molar-refractivity contribution in [2.45, 2.75) is 38.8 Å². The zero-order chi connectivity index (χ0) is 15.2. The molecule has 6 heteroatoms. The summed E-state index contributed by atoms with van der Waals surface area (Å²) in [6.07, 6.45) is 2.56. The number of ether oxygens (including phenoxy) is 1. The predicted molar refractivity (Wildman–Crippen MR) is 86.8 cm³/mol. The predicted octanol–water partition coefficient (Wildman–Crippen LogP) is 2.03. The summed E-state index contributed by atoms with van der Waals surface area (Å²) in [4.78, 5) is 23.5. The first-order valence-electron chi connectivity index (χ1n) is 7.39. The summed E-state index contributed by atoms with van der Waals surface area (Å²) < 4.78 is 4.92. The number of nitrogens with one attached hydrogen (secondary N) is 1. The average molecular weight is 327 g/mol. The SMILES string of the molecule is CCOC(=O)c1ccc(CNC(=O)C2CCC(N)C2)cc1.Cl. The number of rotatable bonds is 5. The van der Waals surface area contributed by atoms with E-state index < -0.39 is 0 Å². The number of hydrogen-bond donors (Lipinski definition) is 2. The maximum Gasteiger partial charge on any atom is 0.338 e. The number of halogens is 1. The van der Waals surface area contributed by atoms with Crippen LogP contribution in [-0.2, 0) is 16.1 Å². The summed E-state index contributed by atoms with van der Waals surface area (Å²) in [6, 6.07) is 7.24. The molecule has 0 radical (unpaired) electrons. The topological polar surface area (TPSA) is 81.4 Å². The van der Waals surface area contributed by atoms with Crippen LogP contribution in [0, 0.1) is 5.92 Å². The molecule has 1 saturated carbocycles. The summed E-state index contributed by atoms with van der Waals surface area (Å²) in [5.74, 6) is -0.218. The van der Waals surface area contributed by atoms with E-state index in [1.165, 1.54) is 0 Å². The maximum absolute atomic E-state index is 12.0. The molecule has 22 heavy (non-hydrogen) atoms. The van der Waals surface area contributed by atoms with Gasteiger partial charge in [0.1, 0.15) is 0 Å². The first kappa shape index (κ1) is 18.5. The molecule has 0 aliphatic heterocycles. The van der Waals surface area contributed by atoms with Crippen LogP contribution in [0.4, 0.5) is 0 Å². The summed E-state index contributed by atoms with van der Waals surface area (Å²) >= 11 is 0. The third-order valence-electron chi connectivity index (χ3n) is 3.78. The van der Waals surface area contributed by atoms with Crippen LogP contribution in [0.25, 0.3) is 0 Å². The van der Waals surface area contributed by atoms with Crippen LogP contribution >= 0.6 is 12.4 Å². The minimum atomic E-state index is -0.326. The van der Waals surface area contributed by atoms with Crippen molar-refractivity contribution < 1.29 is 14.3 Å². The lowest BCUT2D eigenvalue weighted by atomic mass is 10.1. The van der Waals surface area contributed by atoms with Crippen molar-refractivity contribution in [1.82, 2.24) is 5.32 Å². The molecule has 0 bridgehead atoms. The number of carbonyl (C=O) groups is 2. The highest BCUT2D eigenvalue weighted by Gasteiger charge is 2.27. The fourth-order valence-electron chi connectivity index (χ4n) is 2.56. The molecule has 1 aliphatic rings. The first-order chi connectivity index (χ1) is 10.1. The van der Waals surface area contributed by atoms with E-state index in [1.54, 1.807) is 19.1 Å². The minimum Gasteiger partial charge on any atom is -0.462 e. The maximum atomic E-state index is 12.0. The molecule has 1 amide bonds.